The molecule has 6 heteroatoms. The van der Waals surface area contributed by atoms with Gasteiger partial charge in [0.2, 0.25) is 5.91 Å². The van der Waals surface area contributed by atoms with E-state index < -0.39 is 0 Å². The van der Waals surface area contributed by atoms with Crippen molar-refractivity contribution in [2.45, 2.75) is 64.2 Å². The van der Waals surface area contributed by atoms with Crippen molar-refractivity contribution in [1.82, 2.24) is 14.8 Å². The van der Waals surface area contributed by atoms with Gasteiger partial charge in [0.15, 0.2) is 4.96 Å². The van der Waals surface area contributed by atoms with E-state index in [0.717, 1.165) is 23.0 Å². The number of hydrazone groups is 1. The van der Waals surface area contributed by atoms with Crippen LogP contribution in [0.15, 0.2) is 22.9 Å². The lowest BCUT2D eigenvalue weighted by Crippen LogP contribution is -2.31. The fraction of sp³-hybridized carbons (Fsp3) is 0.632. The number of imidazole rings is 1. The van der Waals surface area contributed by atoms with E-state index in [4.69, 9.17) is 0 Å². The number of amides is 1. The number of nitrogens with zero attached hydrogens (tertiary/aromatic N) is 3. The van der Waals surface area contributed by atoms with Crippen LogP contribution in [0.5, 0.6) is 0 Å². The molecular formula is C19H26N4OS. The molecule has 5 nitrogen and oxygen atoms in total. The predicted octanol–water partition coefficient (Wildman–Crippen LogP) is 4.18. The van der Waals surface area contributed by atoms with Gasteiger partial charge < -0.3 is 0 Å². The van der Waals surface area contributed by atoms with Gasteiger partial charge in [-0.1, -0.05) is 25.7 Å². The number of hydrogen-bond donors (Lipinski definition) is 1. The van der Waals surface area contributed by atoms with Gasteiger partial charge >= 0.3 is 0 Å². The predicted molar refractivity (Wildman–Crippen MR) is 101 cm³/mol. The Labute approximate surface area is 152 Å². The third-order valence-electron chi connectivity index (χ3n) is 5.65. The second-order valence-corrected chi connectivity index (χ2v) is 8.26. The van der Waals surface area contributed by atoms with Crippen molar-refractivity contribution in [2.24, 2.45) is 16.9 Å². The molecule has 1 N–H and O–H groups in total. The van der Waals surface area contributed by atoms with Crippen LogP contribution in [0.3, 0.4) is 0 Å². The number of hydrogen-bond acceptors (Lipinski definition) is 4. The summed E-state index contributed by atoms with van der Waals surface area (Å²) in [5.74, 6) is 1.31. The van der Waals surface area contributed by atoms with E-state index in [1.165, 1.54) is 57.1 Å². The average molecular weight is 359 g/mol. The summed E-state index contributed by atoms with van der Waals surface area (Å²) in [6, 6.07) is 0. The second-order valence-electron chi connectivity index (χ2n) is 7.39. The molecule has 1 amide bonds. The first-order valence-corrected chi connectivity index (χ1v) is 10.4. The van der Waals surface area contributed by atoms with Crippen molar-refractivity contribution in [3.63, 3.8) is 0 Å². The van der Waals surface area contributed by atoms with Gasteiger partial charge in [0.1, 0.15) is 0 Å². The SMILES string of the molecule is O=C(Cc1cn2ccsc2n1)N/N=C1\CCCCC1C1CCCCC1. The molecule has 0 radical (unpaired) electrons. The Kier molecular flexibility index (Phi) is 5.15. The number of nitrogens with one attached hydrogen (secondary N) is 1. The van der Waals surface area contributed by atoms with Crippen LogP contribution in [-0.2, 0) is 11.2 Å². The maximum absolute atomic E-state index is 12.3. The van der Waals surface area contributed by atoms with Crippen molar-refractivity contribution in [1.29, 1.82) is 0 Å². The number of carbonyl (C=O) groups is 1. The van der Waals surface area contributed by atoms with Crippen LogP contribution in [-0.4, -0.2) is 21.0 Å². The summed E-state index contributed by atoms with van der Waals surface area (Å²) in [4.78, 5) is 17.7. The maximum atomic E-state index is 12.3. The summed E-state index contributed by atoms with van der Waals surface area (Å²) in [6.07, 6.45) is 15.7. The van der Waals surface area contributed by atoms with E-state index in [2.05, 4.69) is 15.5 Å². The fourth-order valence-corrected chi connectivity index (χ4v) is 5.12. The minimum absolute atomic E-state index is 0.0637. The summed E-state index contributed by atoms with van der Waals surface area (Å²) in [5, 5.41) is 6.56. The third kappa shape index (κ3) is 3.94. The van der Waals surface area contributed by atoms with Crippen molar-refractivity contribution in [3.05, 3.63) is 23.5 Å². The van der Waals surface area contributed by atoms with Gasteiger partial charge in [0.25, 0.3) is 0 Å². The standard InChI is InChI=1S/C19H26N4OS/c24-18(12-15-13-23-10-11-25-19(23)20-15)22-21-17-9-5-4-8-16(17)14-6-2-1-3-7-14/h10-11,13-14,16H,1-9,12H2,(H,22,24)/b21-17+. The quantitative estimate of drug-likeness (QED) is 0.834. The molecule has 0 aliphatic heterocycles. The molecule has 0 saturated heterocycles. The van der Waals surface area contributed by atoms with E-state index in [0.29, 0.717) is 12.3 Å². The highest BCUT2D eigenvalue weighted by Crippen LogP contribution is 2.36. The van der Waals surface area contributed by atoms with E-state index in [9.17, 15) is 4.79 Å². The zero-order chi connectivity index (χ0) is 17.1. The van der Waals surface area contributed by atoms with Crippen molar-refractivity contribution in [2.75, 3.05) is 0 Å². The van der Waals surface area contributed by atoms with Crippen molar-refractivity contribution in [3.8, 4) is 0 Å². The van der Waals surface area contributed by atoms with Gasteiger partial charge in [-0.05, 0) is 38.0 Å². The van der Waals surface area contributed by atoms with E-state index in [1.807, 2.05) is 22.2 Å². The lowest BCUT2D eigenvalue weighted by molar-refractivity contribution is -0.120. The summed E-state index contributed by atoms with van der Waals surface area (Å²) in [7, 11) is 0. The molecule has 0 bridgehead atoms. The summed E-state index contributed by atoms with van der Waals surface area (Å²) in [5.41, 5.74) is 4.85. The molecule has 4 rings (SSSR count). The molecule has 2 aliphatic rings. The zero-order valence-electron chi connectivity index (χ0n) is 14.6. The van der Waals surface area contributed by atoms with Crippen LogP contribution in [0.2, 0.25) is 0 Å². The van der Waals surface area contributed by atoms with Crippen molar-refractivity contribution < 1.29 is 4.79 Å². The minimum Gasteiger partial charge on any atom is -0.297 e. The van der Waals surface area contributed by atoms with Crippen LogP contribution in [0.1, 0.15) is 63.5 Å². The van der Waals surface area contributed by atoms with Gasteiger partial charge in [-0.25, -0.2) is 10.4 Å². The van der Waals surface area contributed by atoms with Gasteiger partial charge in [-0.2, -0.15) is 5.10 Å². The summed E-state index contributed by atoms with van der Waals surface area (Å²) in [6.45, 7) is 0. The monoisotopic (exact) mass is 358 g/mol. The highest BCUT2D eigenvalue weighted by Gasteiger charge is 2.29. The molecule has 0 aromatic carbocycles. The Morgan fingerprint density at radius 2 is 2.08 bits per heavy atom. The number of carbonyl (C=O) groups excluding carboxylic acids is 1. The largest absolute Gasteiger partial charge is 0.297 e. The maximum Gasteiger partial charge on any atom is 0.246 e. The molecule has 2 aliphatic carbocycles. The Morgan fingerprint density at radius 1 is 1.24 bits per heavy atom. The third-order valence-corrected chi connectivity index (χ3v) is 6.42. The lowest BCUT2D eigenvalue weighted by atomic mass is 9.72. The smallest absolute Gasteiger partial charge is 0.246 e. The molecule has 25 heavy (non-hydrogen) atoms. The number of fused-ring (bicyclic) bond motifs is 1. The number of aromatic nitrogens is 2. The molecule has 0 spiro atoms. The Morgan fingerprint density at radius 3 is 2.92 bits per heavy atom. The highest BCUT2D eigenvalue weighted by molar-refractivity contribution is 7.15. The number of thiazole rings is 1. The molecule has 1 unspecified atom stereocenters. The molecule has 2 aromatic heterocycles. The topological polar surface area (TPSA) is 58.8 Å². The molecule has 2 fully saturated rings. The molecular weight excluding hydrogens is 332 g/mol. The van der Waals surface area contributed by atoms with E-state index in [1.54, 1.807) is 11.3 Å². The van der Waals surface area contributed by atoms with Crippen molar-refractivity contribution >= 4 is 27.9 Å². The van der Waals surface area contributed by atoms with Crippen LogP contribution >= 0.6 is 11.3 Å². The average Bonchev–Trinajstić information content (AvgIpc) is 3.22. The van der Waals surface area contributed by atoms with Gasteiger partial charge in [-0.3, -0.25) is 9.20 Å². The lowest BCUT2D eigenvalue weighted by Gasteiger charge is -2.33. The fourth-order valence-electron chi connectivity index (χ4n) is 4.40. The first kappa shape index (κ1) is 16.8. The van der Waals surface area contributed by atoms with E-state index >= 15 is 0 Å². The minimum atomic E-state index is -0.0637. The highest BCUT2D eigenvalue weighted by atomic mass is 32.1. The molecule has 2 heterocycles. The van der Waals surface area contributed by atoms with Gasteiger partial charge in [-0.15, -0.1) is 11.3 Å². The molecule has 2 aromatic rings. The molecule has 2 saturated carbocycles. The number of rotatable bonds is 4. The summed E-state index contributed by atoms with van der Waals surface area (Å²) >= 11 is 1.58. The zero-order valence-corrected chi connectivity index (χ0v) is 15.4. The van der Waals surface area contributed by atoms with Crippen LogP contribution in [0, 0.1) is 11.8 Å². The van der Waals surface area contributed by atoms with Crippen LogP contribution < -0.4 is 5.43 Å². The Hall–Kier alpha value is -1.69. The van der Waals surface area contributed by atoms with E-state index in [-0.39, 0.29) is 5.91 Å². The molecule has 1 atom stereocenters. The molecule has 134 valence electrons. The van der Waals surface area contributed by atoms with Gasteiger partial charge in [0, 0.05) is 29.4 Å². The van der Waals surface area contributed by atoms with Gasteiger partial charge in [0.05, 0.1) is 12.1 Å². The van der Waals surface area contributed by atoms with Crippen LogP contribution in [0.25, 0.3) is 4.96 Å². The first-order valence-electron chi connectivity index (χ1n) is 9.56. The van der Waals surface area contributed by atoms with Crippen LogP contribution in [0.4, 0.5) is 0 Å². The first-order chi connectivity index (χ1) is 12.3. The summed E-state index contributed by atoms with van der Waals surface area (Å²) < 4.78 is 1.96. The Balaban J connectivity index is 1.38. The Bertz CT molecular complexity index is 728. The normalized spacial score (nSPS) is 24.0. The second kappa shape index (κ2) is 7.68.